The first-order valence-corrected chi connectivity index (χ1v) is 19.9. The van der Waals surface area contributed by atoms with Crippen LogP contribution in [0.25, 0.3) is 82.4 Å². The van der Waals surface area contributed by atoms with Gasteiger partial charge in [0.05, 0.1) is 22.6 Å². The van der Waals surface area contributed by atoms with E-state index in [0.717, 1.165) is 17.1 Å². The molecule has 0 saturated carbocycles. The quantitative estimate of drug-likeness (QED) is 0.158. The molecule has 10 aromatic carbocycles. The second-order valence-electron chi connectivity index (χ2n) is 14.9. The predicted molar refractivity (Wildman–Crippen MR) is 247 cm³/mol. The highest BCUT2D eigenvalue weighted by Crippen LogP contribution is 2.48. The van der Waals surface area contributed by atoms with Gasteiger partial charge in [0.25, 0.3) is 0 Å². The Bertz CT molecular complexity index is 3240. The van der Waals surface area contributed by atoms with Crippen LogP contribution in [0.1, 0.15) is 0 Å². The van der Waals surface area contributed by atoms with Crippen LogP contribution in [0.15, 0.2) is 231 Å². The highest BCUT2D eigenvalue weighted by atomic mass is 15.1. The molecule has 11 aromatic rings. The van der Waals surface area contributed by atoms with Gasteiger partial charge >= 0.3 is 0 Å². The molecular formula is C56H38N2. The number of fused-ring (bicyclic) bond motifs is 5. The number of nitrogens with zero attached hydrogens (tertiary/aromatic N) is 2. The van der Waals surface area contributed by atoms with Crippen molar-refractivity contribution in [3.63, 3.8) is 0 Å². The van der Waals surface area contributed by atoms with Crippen LogP contribution in [0.5, 0.6) is 0 Å². The van der Waals surface area contributed by atoms with Gasteiger partial charge in [-0.05, 0) is 80.9 Å². The molecule has 2 nitrogen and oxygen atoms in total. The summed E-state index contributed by atoms with van der Waals surface area (Å²) >= 11 is 0. The Hall–Kier alpha value is -7.68. The van der Waals surface area contributed by atoms with E-state index in [0.29, 0.717) is 0 Å². The van der Waals surface area contributed by atoms with Gasteiger partial charge in [-0.2, -0.15) is 0 Å². The van der Waals surface area contributed by atoms with Gasteiger partial charge in [0, 0.05) is 38.5 Å². The summed E-state index contributed by atoms with van der Waals surface area (Å²) in [5.74, 6) is 0. The Morgan fingerprint density at radius 3 is 1.55 bits per heavy atom. The molecule has 0 bridgehead atoms. The van der Waals surface area contributed by atoms with E-state index in [2.05, 4.69) is 240 Å². The largest absolute Gasteiger partial charge is 0.310 e. The van der Waals surface area contributed by atoms with E-state index in [-0.39, 0.29) is 0 Å². The van der Waals surface area contributed by atoms with E-state index in [1.54, 1.807) is 0 Å². The zero-order valence-corrected chi connectivity index (χ0v) is 31.8. The first kappa shape index (κ1) is 33.6. The average Bonchev–Trinajstić information content (AvgIpc) is 3.65. The van der Waals surface area contributed by atoms with Gasteiger partial charge in [0.15, 0.2) is 0 Å². The van der Waals surface area contributed by atoms with E-state index >= 15 is 0 Å². The number of benzene rings is 10. The van der Waals surface area contributed by atoms with Crippen molar-refractivity contribution >= 4 is 60.3 Å². The van der Waals surface area contributed by atoms with Gasteiger partial charge in [-0.15, -0.1) is 0 Å². The van der Waals surface area contributed by atoms with Crippen molar-refractivity contribution in [1.82, 2.24) is 4.57 Å². The highest BCUT2D eigenvalue weighted by molar-refractivity contribution is 6.20. The maximum absolute atomic E-state index is 2.53. The number of aromatic nitrogens is 1. The lowest BCUT2D eigenvalue weighted by molar-refractivity contribution is 1.16. The summed E-state index contributed by atoms with van der Waals surface area (Å²) in [5.41, 5.74) is 12.9. The molecule has 1 heterocycles. The average molecular weight is 739 g/mol. The van der Waals surface area contributed by atoms with Crippen LogP contribution in [-0.2, 0) is 0 Å². The van der Waals surface area contributed by atoms with Crippen molar-refractivity contribution in [1.29, 1.82) is 0 Å². The van der Waals surface area contributed by atoms with E-state index < -0.39 is 0 Å². The molecule has 0 unspecified atom stereocenters. The molecule has 0 aliphatic heterocycles. The summed E-state index contributed by atoms with van der Waals surface area (Å²) in [7, 11) is 0. The minimum atomic E-state index is 1.11. The summed E-state index contributed by atoms with van der Waals surface area (Å²) in [4.78, 5) is 2.37. The molecule has 11 rings (SSSR count). The molecule has 0 N–H and O–H groups in total. The minimum absolute atomic E-state index is 1.11. The molecule has 0 aliphatic carbocycles. The third kappa shape index (κ3) is 5.57. The van der Waals surface area contributed by atoms with Crippen LogP contribution in [0, 0.1) is 0 Å². The first-order chi connectivity index (χ1) is 28.8. The molecule has 0 saturated heterocycles. The molecule has 0 radical (unpaired) electrons. The van der Waals surface area contributed by atoms with Gasteiger partial charge in [0.1, 0.15) is 0 Å². The van der Waals surface area contributed by atoms with E-state index in [1.807, 2.05) is 0 Å². The Labute approximate surface area is 338 Å². The standard InChI is InChI=1S/C56H38N2/c1-4-20-42(21-5-1)54-51-38-50(41-34-36-45(37-35-41)57(44-26-8-3-9-27-44)52-32-16-24-39-18-10-12-28-46(39)52)48-30-14-15-31-49(48)56(51)58(55(54)43-22-6-2-7-23-43)53-33-17-25-40-19-11-13-29-47(40)53/h1-38H. The molecule has 272 valence electrons. The predicted octanol–water partition coefficient (Wildman–Crippen LogP) is 15.6. The van der Waals surface area contributed by atoms with Gasteiger partial charge in [0.2, 0.25) is 0 Å². The van der Waals surface area contributed by atoms with Crippen LogP contribution < -0.4 is 4.90 Å². The van der Waals surface area contributed by atoms with Gasteiger partial charge in [-0.1, -0.05) is 188 Å². The molecule has 0 spiro atoms. The first-order valence-electron chi connectivity index (χ1n) is 19.9. The summed E-state index contributed by atoms with van der Waals surface area (Å²) in [6.45, 7) is 0. The number of hydrogen-bond acceptors (Lipinski definition) is 1. The minimum Gasteiger partial charge on any atom is -0.310 e. The lowest BCUT2D eigenvalue weighted by atomic mass is 9.92. The lowest BCUT2D eigenvalue weighted by Crippen LogP contribution is -2.10. The fraction of sp³-hybridized carbons (Fsp3) is 0. The normalized spacial score (nSPS) is 11.4. The van der Waals surface area contributed by atoms with E-state index in [4.69, 9.17) is 0 Å². The lowest BCUT2D eigenvalue weighted by Gasteiger charge is -2.27. The number of hydrogen-bond donors (Lipinski definition) is 0. The van der Waals surface area contributed by atoms with Gasteiger partial charge < -0.3 is 9.47 Å². The fourth-order valence-corrected chi connectivity index (χ4v) is 8.99. The summed E-state index contributed by atoms with van der Waals surface area (Å²) in [5, 5.41) is 8.53. The number of anilines is 3. The molecule has 58 heavy (non-hydrogen) atoms. The van der Waals surface area contributed by atoms with Crippen molar-refractivity contribution in [2.24, 2.45) is 0 Å². The Balaban J connectivity index is 1.19. The van der Waals surface area contributed by atoms with Gasteiger partial charge in [-0.3, -0.25) is 0 Å². The number of rotatable bonds is 7. The summed E-state index contributed by atoms with van der Waals surface area (Å²) in [6, 6.07) is 83.7. The van der Waals surface area contributed by atoms with Crippen LogP contribution in [0.2, 0.25) is 0 Å². The maximum Gasteiger partial charge on any atom is 0.0620 e. The summed E-state index contributed by atoms with van der Waals surface area (Å²) in [6.07, 6.45) is 0. The third-order valence-corrected chi connectivity index (χ3v) is 11.5. The maximum atomic E-state index is 2.53. The molecule has 0 atom stereocenters. The second-order valence-corrected chi connectivity index (χ2v) is 14.9. The van der Waals surface area contributed by atoms with Crippen LogP contribution in [-0.4, -0.2) is 4.57 Å². The van der Waals surface area contributed by atoms with Crippen LogP contribution in [0.3, 0.4) is 0 Å². The zero-order chi connectivity index (χ0) is 38.4. The van der Waals surface area contributed by atoms with Crippen molar-refractivity contribution in [2.75, 3.05) is 4.90 Å². The van der Waals surface area contributed by atoms with E-state index in [9.17, 15) is 0 Å². The molecule has 2 heteroatoms. The van der Waals surface area contributed by atoms with Crippen molar-refractivity contribution < 1.29 is 0 Å². The summed E-state index contributed by atoms with van der Waals surface area (Å²) < 4.78 is 2.53. The van der Waals surface area contributed by atoms with Crippen molar-refractivity contribution in [3.8, 4) is 39.2 Å². The highest BCUT2D eigenvalue weighted by Gasteiger charge is 2.25. The molecule has 1 aromatic heterocycles. The smallest absolute Gasteiger partial charge is 0.0620 e. The van der Waals surface area contributed by atoms with Gasteiger partial charge in [-0.25, -0.2) is 0 Å². The SMILES string of the molecule is c1ccc(-c2c(-c3ccccc3)n(-c3cccc4ccccc34)c3c2cc(-c2ccc(N(c4ccccc4)c4cccc5ccccc45)cc2)c2ccccc23)cc1. The van der Waals surface area contributed by atoms with Crippen LogP contribution >= 0.6 is 0 Å². The molecular weight excluding hydrogens is 701 g/mol. The van der Waals surface area contributed by atoms with Crippen molar-refractivity contribution in [3.05, 3.63) is 231 Å². The second kappa shape index (κ2) is 14.1. The Morgan fingerprint density at radius 2 is 0.845 bits per heavy atom. The topological polar surface area (TPSA) is 8.17 Å². The molecule has 0 aliphatic rings. The van der Waals surface area contributed by atoms with Crippen LogP contribution in [0.4, 0.5) is 17.1 Å². The fourth-order valence-electron chi connectivity index (χ4n) is 8.99. The van der Waals surface area contributed by atoms with Crippen molar-refractivity contribution in [2.45, 2.75) is 0 Å². The zero-order valence-electron chi connectivity index (χ0n) is 31.8. The van der Waals surface area contributed by atoms with E-state index in [1.165, 1.54) is 82.4 Å². The number of para-hydroxylation sites is 1. The Kier molecular flexibility index (Phi) is 8.19. The monoisotopic (exact) mass is 738 g/mol. The Morgan fingerprint density at radius 1 is 0.328 bits per heavy atom. The third-order valence-electron chi connectivity index (χ3n) is 11.5. The molecule has 0 fully saturated rings. The molecule has 0 amide bonds.